The Hall–Kier alpha value is -0.570. The maximum Gasteiger partial charge on any atom is 0.137 e. The second-order valence-electron chi connectivity index (χ2n) is 4.19. The van der Waals surface area contributed by atoms with Gasteiger partial charge < -0.3 is 5.32 Å². The number of rotatable bonds is 4. The van der Waals surface area contributed by atoms with Crippen LogP contribution in [0.25, 0.3) is 0 Å². The van der Waals surface area contributed by atoms with Gasteiger partial charge in [0.15, 0.2) is 0 Å². The second-order valence-corrected chi connectivity index (χ2v) is 5.04. The lowest BCUT2D eigenvalue weighted by atomic mass is 10.1. The minimum absolute atomic E-state index is 0.207. The first-order chi connectivity index (χ1) is 7.00. The van der Waals surface area contributed by atoms with E-state index >= 15 is 0 Å². The second kappa shape index (κ2) is 5.50. The number of benzene rings is 1. The zero-order valence-corrected chi connectivity index (χ0v) is 11.0. The van der Waals surface area contributed by atoms with E-state index in [1.807, 2.05) is 6.92 Å². The molecule has 0 amide bonds. The molecule has 0 fully saturated rings. The van der Waals surface area contributed by atoms with E-state index in [1.165, 1.54) is 0 Å². The van der Waals surface area contributed by atoms with Crippen molar-refractivity contribution in [2.24, 2.45) is 5.92 Å². The smallest absolute Gasteiger partial charge is 0.137 e. The first-order valence-electron chi connectivity index (χ1n) is 5.20. The summed E-state index contributed by atoms with van der Waals surface area (Å²) in [5, 5.41) is 3.32. The van der Waals surface area contributed by atoms with E-state index in [-0.39, 0.29) is 5.82 Å². The van der Waals surface area contributed by atoms with Crippen molar-refractivity contribution in [3.63, 3.8) is 0 Å². The molecule has 0 unspecified atom stereocenters. The molecule has 0 spiro atoms. The first-order valence-corrected chi connectivity index (χ1v) is 5.99. The van der Waals surface area contributed by atoms with Crippen LogP contribution in [0, 0.1) is 18.7 Å². The summed E-state index contributed by atoms with van der Waals surface area (Å²) in [6.07, 6.45) is 1.12. The SMILES string of the molecule is Cc1cc(F)c(Br)cc1NCCC(C)C. The number of anilines is 1. The topological polar surface area (TPSA) is 12.0 Å². The third-order valence-corrected chi connectivity index (χ3v) is 2.91. The van der Waals surface area contributed by atoms with E-state index in [4.69, 9.17) is 0 Å². The zero-order chi connectivity index (χ0) is 11.4. The van der Waals surface area contributed by atoms with Crippen molar-refractivity contribution in [2.75, 3.05) is 11.9 Å². The fraction of sp³-hybridized carbons (Fsp3) is 0.500. The molecule has 0 saturated carbocycles. The highest BCUT2D eigenvalue weighted by Crippen LogP contribution is 2.24. The van der Waals surface area contributed by atoms with Gasteiger partial charge in [-0.25, -0.2) is 4.39 Å². The summed E-state index contributed by atoms with van der Waals surface area (Å²) in [5.74, 6) is 0.476. The van der Waals surface area contributed by atoms with Crippen LogP contribution < -0.4 is 5.32 Å². The monoisotopic (exact) mass is 273 g/mol. The van der Waals surface area contributed by atoms with Gasteiger partial charge in [-0.15, -0.1) is 0 Å². The van der Waals surface area contributed by atoms with Crippen LogP contribution in [0.4, 0.5) is 10.1 Å². The van der Waals surface area contributed by atoms with Crippen LogP contribution in [0.3, 0.4) is 0 Å². The van der Waals surface area contributed by atoms with Crippen LogP contribution in [-0.4, -0.2) is 6.54 Å². The molecule has 1 aromatic rings. The van der Waals surface area contributed by atoms with Crippen LogP contribution in [0.15, 0.2) is 16.6 Å². The van der Waals surface area contributed by atoms with Crippen molar-refractivity contribution >= 4 is 21.6 Å². The van der Waals surface area contributed by atoms with Gasteiger partial charge in [0.05, 0.1) is 4.47 Å². The molecule has 0 saturated heterocycles. The Kier molecular flexibility index (Phi) is 4.58. The predicted octanol–water partition coefficient (Wildman–Crippen LogP) is 4.35. The first kappa shape index (κ1) is 12.5. The predicted molar refractivity (Wildman–Crippen MR) is 66.8 cm³/mol. The van der Waals surface area contributed by atoms with Gasteiger partial charge in [-0.05, 0) is 52.9 Å². The Bertz CT molecular complexity index is 337. The Morgan fingerprint density at radius 2 is 2.07 bits per heavy atom. The number of hydrogen-bond acceptors (Lipinski definition) is 1. The molecule has 1 nitrogen and oxygen atoms in total. The molecule has 0 aromatic heterocycles. The molecule has 3 heteroatoms. The molecule has 0 aliphatic rings. The van der Waals surface area contributed by atoms with Gasteiger partial charge >= 0.3 is 0 Å². The summed E-state index contributed by atoms with van der Waals surface area (Å²) < 4.78 is 13.6. The highest BCUT2D eigenvalue weighted by Gasteiger charge is 2.04. The van der Waals surface area contributed by atoms with Crippen molar-refractivity contribution in [3.8, 4) is 0 Å². The van der Waals surface area contributed by atoms with E-state index in [9.17, 15) is 4.39 Å². The lowest BCUT2D eigenvalue weighted by Crippen LogP contribution is -2.06. The van der Waals surface area contributed by atoms with Crippen LogP contribution in [0.2, 0.25) is 0 Å². The zero-order valence-electron chi connectivity index (χ0n) is 9.40. The minimum Gasteiger partial charge on any atom is -0.385 e. The number of aryl methyl sites for hydroxylation is 1. The fourth-order valence-corrected chi connectivity index (χ4v) is 1.68. The summed E-state index contributed by atoms with van der Waals surface area (Å²) in [7, 11) is 0. The molecule has 0 heterocycles. The van der Waals surface area contributed by atoms with E-state index in [2.05, 4.69) is 35.1 Å². The van der Waals surface area contributed by atoms with Crippen molar-refractivity contribution in [1.29, 1.82) is 0 Å². The summed E-state index contributed by atoms with van der Waals surface area (Å²) in [5.41, 5.74) is 1.95. The molecule has 0 aliphatic heterocycles. The van der Waals surface area contributed by atoms with Gasteiger partial charge in [0.1, 0.15) is 5.82 Å². The lowest BCUT2D eigenvalue weighted by molar-refractivity contribution is 0.606. The maximum absolute atomic E-state index is 13.1. The Morgan fingerprint density at radius 1 is 1.40 bits per heavy atom. The molecular formula is C12H17BrFN. The van der Waals surface area contributed by atoms with Crippen molar-refractivity contribution in [3.05, 3.63) is 28.0 Å². The molecule has 15 heavy (non-hydrogen) atoms. The highest BCUT2D eigenvalue weighted by atomic mass is 79.9. The average Bonchev–Trinajstić information content (AvgIpc) is 2.13. The van der Waals surface area contributed by atoms with Crippen molar-refractivity contribution < 1.29 is 4.39 Å². The molecule has 84 valence electrons. The molecular weight excluding hydrogens is 257 g/mol. The van der Waals surface area contributed by atoms with Crippen LogP contribution in [0.5, 0.6) is 0 Å². The molecule has 0 atom stereocenters. The maximum atomic E-state index is 13.1. The summed E-state index contributed by atoms with van der Waals surface area (Å²) >= 11 is 3.19. The average molecular weight is 274 g/mol. The van der Waals surface area contributed by atoms with E-state index in [0.29, 0.717) is 10.4 Å². The minimum atomic E-state index is -0.207. The van der Waals surface area contributed by atoms with Crippen molar-refractivity contribution in [1.82, 2.24) is 0 Å². The highest BCUT2D eigenvalue weighted by molar-refractivity contribution is 9.10. The quantitative estimate of drug-likeness (QED) is 0.860. The largest absolute Gasteiger partial charge is 0.385 e. The molecule has 1 aromatic carbocycles. The van der Waals surface area contributed by atoms with Crippen molar-refractivity contribution in [2.45, 2.75) is 27.2 Å². The number of halogens is 2. The summed E-state index contributed by atoms with van der Waals surface area (Å²) in [4.78, 5) is 0. The van der Waals surface area contributed by atoms with Crippen LogP contribution >= 0.6 is 15.9 Å². The number of hydrogen-bond donors (Lipinski definition) is 1. The van der Waals surface area contributed by atoms with Gasteiger partial charge in [0.2, 0.25) is 0 Å². The van der Waals surface area contributed by atoms with E-state index < -0.39 is 0 Å². The molecule has 0 bridgehead atoms. The van der Waals surface area contributed by atoms with Gasteiger partial charge in [-0.2, -0.15) is 0 Å². The van der Waals surface area contributed by atoms with Crippen LogP contribution in [0.1, 0.15) is 25.8 Å². The normalized spacial score (nSPS) is 10.8. The third kappa shape index (κ3) is 3.82. The molecule has 0 radical (unpaired) electrons. The van der Waals surface area contributed by atoms with Gasteiger partial charge in [0.25, 0.3) is 0 Å². The Labute approximate surface area is 99.2 Å². The fourth-order valence-electron chi connectivity index (χ4n) is 1.33. The summed E-state index contributed by atoms with van der Waals surface area (Å²) in [6.45, 7) is 7.22. The Morgan fingerprint density at radius 3 is 2.67 bits per heavy atom. The lowest BCUT2D eigenvalue weighted by Gasteiger charge is -2.11. The van der Waals surface area contributed by atoms with E-state index in [1.54, 1.807) is 12.1 Å². The molecule has 1 N–H and O–H groups in total. The molecule has 0 aliphatic carbocycles. The summed E-state index contributed by atoms with van der Waals surface area (Å²) in [6, 6.07) is 3.34. The van der Waals surface area contributed by atoms with Gasteiger partial charge in [-0.3, -0.25) is 0 Å². The molecule has 1 rings (SSSR count). The Balaban J connectivity index is 2.65. The standard InChI is InChI=1S/C12H17BrFN/c1-8(2)4-5-15-12-7-10(13)11(14)6-9(12)3/h6-8,15H,4-5H2,1-3H3. The van der Waals surface area contributed by atoms with Gasteiger partial charge in [0, 0.05) is 12.2 Å². The third-order valence-electron chi connectivity index (χ3n) is 2.30. The number of nitrogens with one attached hydrogen (secondary N) is 1. The van der Waals surface area contributed by atoms with Gasteiger partial charge in [-0.1, -0.05) is 13.8 Å². The van der Waals surface area contributed by atoms with E-state index in [0.717, 1.165) is 24.2 Å². The van der Waals surface area contributed by atoms with Crippen LogP contribution in [-0.2, 0) is 0 Å².